The summed E-state index contributed by atoms with van der Waals surface area (Å²) in [6.45, 7) is 2.39. The smallest absolute Gasteiger partial charge is 0.416 e. The van der Waals surface area contributed by atoms with Crippen LogP contribution >= 0.6 is 0 Å². The summed E-state index contributed by atoms with van der Waals surface area (Å²) in [5, 5.41) is 3.25. The molecule has 1 aromatic carbocycles. The SMILES string of the molecule is O=C1OCC(C2CCNC2)N1Cc1ccc(C(F)(F)F)cc1. The van der Waals surface area contributed by atoms with E-state index in [9.17, 15) is 18.0 Å². The molecule has 2 saturated heterocycles. The van der Waals surface area contributed by atoms with E-state index in [1.165, 1.54) is 12.1 Å². The van der Waals surface area contributed by atoms with Gasteiger partial charge in [0.25, 0.3) is 0 Å². The molecule has 2 unspecified atom stereocenters. The largest absolute Gasteiger partial charge is 0.447 e. The highest BCUT2D eigenvalue weighted by atomic mass is 19.4. The Balaban J connectivity index is 1.71. The molecule has 0 radical (unpaired) electrons. The van der Waals surface area contributed by atoms with Gasteiger partial charge in [-0.05, 0) is 36.6 Å². The first-order valence-electron chi connectivity index (χ1n) is 7.25. The molecule has 3 rings (SSSR count). The van der Waals surface area contributed by atoms with Crippen molar-refractivity contribution in [1.82, 2.24) is 10.2 Å². The van der Waals surface area contributed by atoms with E-state index >= 15 is 0 Å². The normalized spacial score (nSPS) is 25.6. The topological polar surface area (TPSA) is 41.6 Å². The van der Waals surface area contributed by atoms with Crippen LogP contribution in [-0.2, 0) is 17.5 Å². The maximum absolute atomic E-state index is 12.6. The first kappa shape index (κ1) is 15.1. The van der Waals surface area contributed by atoms with Crippen molar-refractivity contribution in [2.24, 2.45) is 5.92 Å². The minimum Gasteiger partial charge on any atom is -0.447 e. The fourth-order valence-corrected chi connectivity index (χ4v) is 3.04. The van der Waals surface area contributed by atoms with Gasteiger partial charge in [0.05, 0.1) is 11.6 Å². The van der Waals surface area contributed by atoms with Gasteiger partial charge in [-0.3, -0.25) is 4.90 Å². The van der Waals surface area contributed by atoms with E-state index in [1.807, 2.05) is 0 Å². The molecule has 1 aromatic rings. The Kier molecular flexibility index (Phi) is 3.99. The molecule has 0 saturated carbocycles. The third-order valence-corrected chi connectivity index (χ3v) is 4.29. The predicted octanol–water partition coefficient (Wildman–Crippen LogP) is 2.64. The Bertz CT molecular complexity index is 539. The standard InChI is InChI=1S/C15H17F3N2O2/c16-15(17,18)12-3-1-10(2-4-12)8-20-13(9-22-14(20)21)11-5-6-19-7-11/h1-4,11,13,19H,5-9H2. The van der Waals surface area contributed by atoms with Crippen LogP contribution in [0.5, 0.6) is 0 Å². The second-order valence-electron chi connectivity index (χ2n) is 5.72. The third-order valence-electron chi connectivity index (χ3n) is 4.29. The van der Waals surface area contributed by atoms with E-state index < -0.39 is 17.8 Å². The van der Waals surface area contributed by atoms with Gasteiger partial charge in [0.15, 0.2) is 0 Å². The molecule has 2 heterocycles. The number of carbonyl (C=O) groups excluding carboxylic acids is 1. The van der Waals surface area contributed by atoms with Crippen LogP contribution in [0.4, 0.5) is 18.0 Å². The summed E-state index contributed by atoms with van der Waals surface area (Å²) in [5.74, 6) is 0.334. The quantitative estimate of drug-likeness (QED) is 0.932. The fourth-order valence-electron chi connectivity index (χ4n) is 3.04. The lowest BCUT2D eigenvalue weighted by molar-refractivity contribution is -0.137. The number of hydrogen-bond donors (Lipinski definition) is 1. The van der Waals surface area contributed by atoms with Crippen molar-refractivity contribution in [2.45, 2.75) is 25.2 Å². The van der Waals surface area contributed by atoms with Gasteiger partial charge < -0.3 is 10.1 Å². The van der Waals surface area contributed by atoms with E-state index in [-0.39, 0.29) is 12.6 Å². The second-order valence-corrected chi connectivity index (χ2v) is 5.72. The number of amides is 1. The van der Waals surface area contributed by atoms with E-state index in [0.29, 0.717) is 18.1 Å². The molecule has 0 aromatic heterocycles. The van der Waals surface area contributed by atoms with Gasteiger partial charge in [-0.2, -0.15) is 13.2 Å². The molecule has 2 aliphatic rings. The number of alkyl halides is 3. The lowest BCUT2D eigenvalue weighted by atomic mass is 9.98. The van der Waals surface area contributed by atoms with E-state index in [4.69, 9.17) is 4.74 Å². The predicted molar refractivity (Wildman–Crippen MR) is 73.1 cm³/mol. The second kappa shape index (κ2) is 5.79. The summed E-state index contributed by atoms with van der Waals surface area (Å²) in [6.07, 6.45) is -3.76. The van der Waals surface area contributed by atoms with Gasteiger partial charge in [0.1, 0.15) is 6.61 Å². The van der Waals surface area contributed by atoms with Crippen LogP contribution in [0.25, 0.3) is 0 Å². The van der Waals surface area contributed by atoms with Crippen LogP contribution in [0.3, 0.4) is 0 Å². The number of hydrogen-bond acceptors (Lipinski definition) is 3. The van der Waals surface area contributed by atoms with Gasteiger partial charge in [-0.1, -0.05) is 12.1 Å². The molecule has 7 heteroatoms. The Morgan fingerprint density at radius 3 is 2.59 bits per heavy atom. The lowest BCUT2D eigenvalue weighted by Gasteiger charge is -2.26. The van der Waals surface area contributed by atoms with E-state index in [0.717, 1.165) is 31.6 Å². The Morgan fingerprint density at radius 1 is 1.27 bits per heavy atom. The fraction of sp³-hybridized carbons (Fsp3) is 0.533. The summed E-state index contributed by atoms with van der Waals surface area (Å²) < 4.78 is 42.8. The van der Waals surface area contributed by atoms with Crippen LogP contribution < -0.4 is 5.32 Å². The first-order chi connectivity index (χ1) is 10.4. The summed E-state index contributed by atoms with van der Waals surface area (Å²) in [6, 6.07) is 4.91. The Labute approximate surface area is 126 Å². The molecule has 2 atom stereocenters. The number of cyclic esters (lactones) is 1. The Morgan fingerprint density at radius 2 is 2.00 bits per heavy atom. The van der Waals surface area contributed by atoms with Gasteiger partial charge in [-0.15, -0.1) is 0 Å². The van der Waals surface area contributed by atoms with Crippen molar-refractivity contribution in [3.8, 4) is 0 Å². The zero-order valence-corrected chi connectivity index (χ0v) is 11.9. The maximum atomic E-state index is 12.6. The van der Waals surface area contributed by atoms with Gasteiger partial charge in [0.2, 0.25) is 0 Å². The van der Waals surface area contributed by atoms with Gasteiger partial charge in [-0.25, -0.2) is 4.79 Å². The molecule has 2 fully saturated rings. The average Bonchev–Trinajstić information content (AvgIpc) is 3.10. The molecule has 4 nitrogen and oxygen atoms in total. The van der Waals surface area contributed by atoms with Gasteiger partial charge >= 0.3 is 12.3 Å². The van der Waals surface area contributed by atoms with Crippen LogP contribution in [-0.4, -0.2) is 36.7 Å². The minimum absolute atomic E-state index is 0.00945. The van der Waals surface area contributed by atoms with E-state index in [1.54, 1.807) is 4.90 Å². The van der Waals surface area contributed by atoms with Crippen molar-refractivity contribution < 1.29 is 22.7 Å². The molecular formula is C15H17F3N2O2. The van der Waals surface area contributed by atoms with Crippen LogP contribution in [0.1, 0.15) is 17.5 Å². The van der Waals surface area contributed by atoms with Crippen molar-refractivity contribution in [3.63, 3.8) is 0 Å². The lowest BCUT2D eigenvalue weighted by Crippen LogP contribution is -2.39. The number of rotatable bonds is 3. The van der Waals surface area contributed by atoms with E-state index in [2.05, 4.69) is 5.32 Å². The number of benzene rings is 1. The van der Waals surface area contributed by atoms with Gasteiger partial charge in [0, 0.05) is 13.1 Å². The highest BCUT2D eigenvalue weighted by Gasteiger charge is 2.39. The minimum atomic E-state index is -4.34. The van der Waals surface area contributed by atoms with Crippen molar-refractivity contribution in [2.75, 3.05) is 19.7 Å². The highest BCUT2D eigenvalue weighted by molar-refractivity contribution is 5.70. The molecule has 0 bridgehead atoms. The van der Waals surface area contributed by atoms with Crippen molar-refractivity contribution in [1.29, 1.82) is 0 Å². The zero-order valence-electron chi connectivity index (χ0n) is 11.9. The van der Waals surface area contributed by atoms with Crippen LogP contribution in [0, 0.1) is 5.92 Å². The number of halogens is 3. The summed E-state index contributed by atoms with van der Waals surface area (Å²) >= 11 is 0. The molecule has 22 heavy (non-hydrogen) atoms. The number of ether oxygens (including phenoxy) is 1. The molecule has 120 valence electrons. The molecule has 2 aliphatic heterocycles. The average molecular weight is 314 g/mol. The number of carbonyl (C=O) groups is 1. The van der Waals surface area contributed by atoms with Crippen molar-refractivity contribution in [3.05, 3.63) is 35.4 Å². The summed E-state index contributed by atoms with van der Waals surface area (Å²) in [7, 11) is 0. The summed E-state index contributed by atoms with van der Waals surface area (Å²) in [4.78, 5) is 13.5. The van der Waals surface area contributed by atoms with Crippen molar-refractivity contribution >= 4 is 6.09 Å². The van der Waals surface area contributed by atoms with Crippen LogP contribution in [0.2, 0.25) is 0 Å². The molecular weight excluding hydrogens is 297 g/mol. The molecule has 1 amide bonds. The number of nitrogens with one attached hydrogen (secondary N) is 1. The maximum Gasteiger partial charge on any atom is 0.416 e. The molecule has 0 spiro atoms. The zero-order chi connectivity index (χ0) is 15.7. The summed E-state index contributed by atoms with van der Waals surface area (Å²) in [5.41, 5.74) is -0.0143. The monoisotopic (exact) mass is 314 g/mol. The first-order valence-corrected chi connectivity index (χ1v) is 7.25. The van der Waals surface area contributed by atoms with Crippen LogP contribution in [0.15, 0.2) is 24.3 Å². The highest BCUT2D eigenvalue weighted by Crippen LogP contribution is 2.30. The molecule has 0 aliphatic carbocycles. The third kappa shape index (κ3) is 3.04. The Hall–Kier alpha value is -1.76. The number of nitrogens with zero attached hydrogens (tertiary/aromatic N) is 1. The molecule has 1 N–H and O–H groups in total.